The van der Waals surface area contributed by atoms with Crippen LogP contribution in [-0.2, 0) is 9.78 Å². The van der Waals surface area contributed by atoms with Gasteiger partial charge in [0.1, 0.15) is 5.75 Å². The third-order valence-corrected chi connectivity index (χ3v) is 2.07. The Morgan fingerprint density at radius 1 is 1.28 bits per heavy atom. The maximum atomic E-state index is 11.5. The Morgan fingerprint density at radius 2 is 1.94 bits per heavy atom. The van der Waals surface area contributed by atoms with Gasteiger partial charge in [-0.3, -0.25) is 4.89 Å². The van der Waals surface area contributed by atoms with Crippen molar-refractivity contribution < 1.29 is 19.3 Å². The van der Waals surface area contributed by atoms with E-state index in [4.69, 9.17) is 9.62 Å². The quantitative estimate of drug-likeness (QED) is 0.424. The Hall–Kier alpha value is -1.55. The van der Waals surface area contributed by atoms with E-state index in [1.165, 1.54) is 0 Å². The summed E-state index contributed by atoms with van der Waals surface area (Å²) in [5, 5.41) is 0. The largest absolute Gasteiger partial charge is 0.491 e. The summed E-state index contributed by atoms with van der Waals surface area (Å²) in [4.78, 5) is 20.9. The van der Waals surface area contributed by atoms with Gasteiger partial charge in [-0.2, -0.15) is 4.89 Å². The summed E-state index contributed by atoms with van der Waals surface area (Å²) in [5.74, 6) is 0.217. The lowest BCUT2D eigenvalue weighted by Gasteiger charge is -2.09. The van der Waals surface area contributed by atoms with Gasteiger partial charge in [-0.1, -0.05) is 13.3 Å². The average Bonchev–Trinajstić information content (AvgIpc) is 2.34. The third kappa shape index (κ3) is 5.19. The van der Waals surface area contributed by atoms with E-state index in [-0.39, 0.29) is 6.10 Å². The molecule has 0 aliphatic carbocycles. The van der Waals surface area contributed by atoms with E-state index in [9.17, 15) is 4.79 Å². The topological polar surface area (TPSA) is 44.8 Å². The standard InChI is InChI=1S/C14H19O4/c1-4-5-10-16-18-14(15)12-6-8-13(9-7-12)17-11(2)3/h6-9,11H,1,4-5,10H2,2-3H3. The SMILES string of the molecule is [CH2]CCCOOC(=O)c1ccc(OC(C)C)cc1. The lowest BCUT2D eigenvalue weighted by molar-refractivity contribution is -0.241. The summed E-state index contributed by atoms with van der Waals surface area (Å²) in [6.45, 7) is 7.91. The molecule has 0 aromatic heterocycles. The first-order valence-electron chi connectivity index (χ1n) is 6.03. The van der Waals surface area contributed by atoms with Crippen LogP contribution in [0, 0.1) is 6.92 Å². The molecule has 0 amide bonds. The summed E-state index contributed by atoms with van der Waals surface area (Å²) in [6, 6.07) is 6.74. The highest BCUT2D eigenvalue weighted by molar-refractivity contribution is 5.89. The molecule has 1 radical (unpaired) electrons. The van der Waals surface area contributed by atoms with Crippen molar-refractivity contribution in [1.29, 1.82) is 0 Å². The maximum Gasteiger partial charge on any atom is 0.373 e. The summed E-state index contributed by atoms with van der Waals surface area (Å²) in [5.41, 5.74) is 0.431. The monoisotopic (exact) mass is 251 g/mol. The maximum absolute atomic E-state index is 11.5. The Labute approximate surface area is 108 Å². The second-order valence-electron chi connectivity index (χ2n) is 4.09. The molecule has 0 N–H and O–H groups in total. The Kier molecular flexibility index (Phi) is 6.22. The normalized spacial score (nSPS) is 10.4. The Balaban J connectivity index is 2.43. The highest BCUT2D eigenvalue weighted by Crippen LogP contribution is 2.14. The molecular weight excluding hydrogens is 232 g/mol. The van der Waals surface area contributed by atoms with Crippen LogP contribution < -0.4 is 4.74 Å². The van der Waals surface area contributed by atoms with Gasteiger partial charge in [-0.15, -0.1) is 0 Å². The first kappa shape index (κ1) is 14.5. The minimum absolute atomic E-state index is 0.105. The van der Waals surface area contributed by atoms with E-state index in [0.29, 0.717) is 12.2 Å². The number of hydrogen-bond acceptors (Lipinski definition) is 4. The summed E-state index contributed by atoms with van der Waals surface area (Å²) >= 11 is 0. The van der Waals surface area contributed by atoms with Crippen LogP contribution in [0.5, 0.6) is 5.75 Å². The molecular formula is C14H19O4. The highest BCUT2D eigenvalue weighted by atomic mass is 17.2. The number of benzene rings is 1. The van der Waals surface area contributed by atoms with Gasteiger partial charge >= 0.3 is 5.97 Å². The fraction of sp³-hybridized carbons (Fsp3) is 0.429. The van der Waals surface area contributed by atoms with Gasteiger partial charge in [-0.25, -0.2) is 4.79 Å². The Bertz CT molecular complexity index is 357. The molecule has 0 saturated heterocycles. The predicted octanol–water partition coefficient (Wildman–Crippen LogP) is 3.18. The molecule has 0 fully saturated rings. The van der Waals surface area contributed by atoms with E-state index in [1.54, 1.807) is 24.3 Å². The predicted molar refractivity (Wildman–Crippen MR) is 68.2 cm³/mol. The van der Waals surface area contributed by atoms with Gasteiger partial charge < -0.3 is 4.74 Å². The van der Waals surface area contributed by atoms with Crippen LogP contribution >= 0.6 is 0 Å². The number of ether oxygens (including phenoxy) is 1. The highest BCUT2D eigenvalue weighted by Gasteiger charge is 2.08. The van der Waals surface area contributed by atoms with E-state index in [1.807, 2.05) is 13.8 Å². The lowest BCUT2D eigenvalue weighted by Crippen LogP contribution is -2.08. The van der Waals surface area contributed by atoms with Crippen molar-refractivity contribution >= 4 is 5.97 Å². The molecule has 1 rings (SSSR count). The number of unbranched alkanes of at least 4 members (excludes halogenated alkanes) is 1. The molecule has 4 nitrogen and oxygen atoms in total. The van der Waals surface area contributed by atoms with Crippen LogP contribution in [0.2, 0.25) is 0 Å². The van der Waals surface area contributed by atoms with E-state index in [0.717, 1.165) is 18.6 Å². The lowest BCUT2D eigenvalue weighted by atomic mass is 10.2. The van der Waals surface area contributed by atoms with Crippen LogP contribution in [-0.4, -0.2) is 18.7 Å². The van der Waals surface area contributed by atoms with Gasteiger partial charge in [0.25, 0.3) is 0 Å². The molecule has 0 bridgehead atoms. The molecule has 1 aromatic carbocycles. The number of rotatable bonds is 7. The van der Waals surface area contributed by atoms with Crippen LogP contribution in [0.25, 0.3) is 0 Å². The molecule has 99 valence electrons. The van der Waals surface area contributed by atoms with Crippen molar-refractivity contribution in [3.63, 3.8) is 0 Å². The van der Waals surface area contributed by atoms with Crippen molar-refractivity contribution in [1.82, 2.24) is 0 Å². The third-order valence-electron chi connectivity index (χ3n) is 2.07. The van der Waals surface area contributed by atoms with Gasteiger partial charge in [0.2, 0.25) is 0 Å². The van der Waals surface area contributed by atoms with Crippen molar-refractivity contribution in [2.75, 3.05) is 6.61 Å². The zero-order valence-electron chi connectivity index (χ0n) is 10.8. The zero-order valence-corrected chi connectivity index (χ0v) is 10.8. The van der Waals surface area contributed by atoms with E-state index < -0.39 is 5.97 Å². The molecule has 1 aromatic rings. The molecule has 0 aliphatic rings. The first-order valence-corrected chi connectivity index (χ1v) is 6.03. The van der Waals surface area contributed by atoms with Crippen LogP contribution in [0.1, 0.15) is 37.0 Å². The van der Waals surface area contributed by atoms with Gasteiger partial charge in [0.05, 0.1) is 18.3 Å². The van der Waals surface area contributed by atoms with Crippen LogP contribution in [0.3, 0.4) is 0 Å². The summed E-state index contributed by atoms with van der Waals surface area (Å²) in [7, 11) is 0. The average molecular weight is 251 g/mol. The molecule has 0 saturated carbocycles. The summed E-state index contributed by atoms with van der Waals surface area (Å²) in [6.07, 6.45) is 1.61. The van der Waals surface area contributed by atoms with Crippen LogP contribution in [0.4, 0.5) is 0 Å². The second-order valence-corrected chi connectivity index (χ2v) is 4.09. The number of hydrogen-bond donors (Lipinski definition) is 0. The summed E-state index contributed by atoms with van der Waals surface area (Å²) < 4.78 is 5.47. The first-order chi connectivity index (χ1) is 8.63. The molecule has 4 heteroatoms. The minimum atomic E-state index is -0.504. The van der Waals surface area contributed by atoms with Gasteiger partial charge in [0.15, 0.2) is 0 Å². The van der Waals surface area contributed by atoms with Crippen molar-refractivity contribution in [2.24, 2.45) is 0 Å². The van der Waals surface area contributed by atoms with Crippen LogP contribution in [0.15, 0.2) is 24.3 Å². The minimum Gasteiger partial charge on any atom is -0.491 e. The molecule has 0 aliphatic heterocycles. The molecule has 0 atom stereocenters. The fourth-order valence-electron chi connectivity index (χ4n) is 1.25. The van der Waals surface area contributed by atoms with Crippen molar-refractivity contribution in [3.8, 4) is 5.75 Å². The second kappa shape index (κ2) is 7.71. The zero-order chi connectivity index (χ0) is 13.4. The molecule has 0 unspecified atom stereocenters. The van der Waals surface area contributed by atoms with Gasteiger partial charge in [0, 0.05) is 0 Å². The number of carbonyl (C=O) groups is 1. The molecule has 18 heavy (non-hydrogen) atoms. The molecule has 0 heterocycles. The number of carbonyl (C=O) groups excluding carboxylic acids is 1. The fourth-order valence-corrected chi connectivity index (χ4v) is 1.25. The smallest absolute Gasteiger partial charge is 0.373 e. The van der Waals surface area contributed by atoms with E-state index >= 15 is 0 Å². The van der Waals surface area contributed by atoms with E-state index in [2.05, 4.69) is 11.8 Å². The molecule has 0 spiro atoms. The van der Waals surface area contributed by atoms with Crippen molar-refractivity contribution in [3.05, 3.63) is 36.8 Å². The van der Waals surface area contributed by atoms with Gasteiger partial charge in [-0.05, 0) is 44.5 Å². The van der Waals surface area contributed by atoms with Crippen molar-refractivity contribution in [2.45, 2.75) is 32.8 Å². The Morgan fingerprint density at radius 3 is 2.50 bits per heavy atom.